The van der Waals surface area contributed by atoms with E-state index in [2.05, 4.69) is 31.9 Å². The minimum absolute atomic E-state index is 0.800. The van der Waals surface area contributed by atoms with Crippen LogP contribution in [0.5, 0.6) is 0 Å². The van der Waals surface area contributed by atoms with E-state index in [4.69, 9.17) is 4.42 Å². The Morgan fingerprint density at radius 3 is 2.54 bits per heavy atom. The molecule has 0 radical (unpaired) electrons. The first-order valence-electron chi connectivity index (χ1n) is 8.40. The van der Waals surface area contributed by atoms with E-state index in [1.165, 1.54) is 5.56 Å². The zero-order valence-electron chi connectivity index (χ0n) is 14.4. The van der Waals surface area contributed by atoms with Crippen molar-refractivity contribution in [3.05, 3.63) is 78.5 Å². The molecule has 3 aromatic heterocycles. The van der Waals surface area contributed by atoms with Crippen molar-refractivity contribution < 1.29 is 4.42 Å². The molecule has 0 aliphatic heterocycles. The summed E-state index contributed by atoms with van der Waals surface area (Å²) in [4.78, 5) is 4.06. The average Bonchev–Trinajstić information content (AvgIpc) is 3.29. The van der Waals surface area contributed by atoms with Crippen molar-refractivity contribution >= 4 is 11.8 Å². The van der Waals surface area contributed by atoms with Gasteiger partial charge in [0.2, 0.25) is 0 Å². The number of furan rings is 1. The van der Waals surface area contributed by atoms with E-state index >= 15 is 0 Å². The van der Waals surface area contributed by atoms with E-state index in [1.54, 1.807) is 18.0 Å². The van der Waals surface area contributed by atoms with Gasteiger partial charge in [-0.2, -0.15) is 0 Å². The molecule has 0 spiro atoms. The van der Waals surface area contributed by atoms with Gasteiger partial charge in [0, 0.05) is 23.8 Å². The van der Waals surface area contributed by atoms with Crippen LogP contribution in [0.1, 0.15) is 11.3 Å². The van der Waals surface area contributed by atoms with Gasteiger partial charge >= 0.3 is 0 Å². The van der Waals surface area contributed by atoms with Crippen molar-refractivity contribution in [2.24, 2.45) is 0 Å². The number of hydrogen-bond donors (Lipinski definition) is 0. The number of para-hydroxylation sites is 1. The second-order valence-electron chi connectivity index (χ2n) is 5.82. The van der Waals surface area contributed by atoms with Crippen LogP contribution in [0.3, 0.4) is 0 Å². The Bertz CT molecular complexity index is 979. The van der Waals surface area contributed by atoms with Gasteiger partial charge in [0.25, 0.3) is 0 Å². The summed E-state index contributed by atoms with van der Waals surface area (Å²) in [5, 5.41) is 9.76. The third-order valence-corrected chi connectivity index (χ3v) is 5.05. The van der Waals surface area contributed by atoms with Crippen LogP contribution in [-0.2, 0) is 6.42 Å². The summed E-state index contributed by atoms with van der Waals surface area (Å²) in [5.74, 6) is 2.55. The van der Waals surface area contributed by atoms with Crippen molar-refractivity contribution in [3.8, 4) is 17.1 Å². The zero-order valence-corrected chi connectivity index (χ0v) is 15.2. The molecule has 6 heteroatoms. The third kappa shape index (κ3) is 3.41. The molecular formula is C20H18N4OS. The summed E-state index contributed by atoms with van der Waals surface area (Å²) >= 11 is 1.70. The Kier molecular flexibility index (Phi) is 4.84. The van der Waals surface area contributed by atoms with Gasteiger partial charge < -0.3 is 4.42 Å². The molecule has 0 saturated heterocycles. The summed E-state index contributed by atoms with van der Waals surface area (Å²) in [6.07, 6.45) is 6.29. The topological polar surface area (TPSA) is 56.7 Å². The molecule has 4 aromatic rings. The zero-order chi connectivity index (χ0) is 17.8. The maximum Gasteiger partial charge on any atom is 0.196 e. The smallest absolute Gasteiger partial charge is 0.196 e. The summed E-state index contributed by atoms with van der Waals surface area (Å²) in [6.45, 7) is 1.94. The predicted molar refractivity (Wildman–Crippen MR) is 102 cm³/mol. The second kappa shape index (κ2) is 7.58. The molecule has 3 heterocycles. The predicted octanol–water partition coefficient (Wildman–Crippen LogP) is 4.57. The third-order valence-electron chi connectivity index (χ3n) is 4.12. The number of aryl methyl sites for hydroxylation is 2. The molecule has 0 aliphatic carbocycles. The first-order valence-corrected chi connectivity index (χ1v) is 9.38. The summed E-state index contributed by atoms with van der Waals surface area (Å²) in [6, 6.07) is 16.2. The summed E-state index contributed by atoms with van der Waals surface area (Å²) in [5.41, 5.74) is 3.27. The monoisotopic (exact) mass is 362 g/mol. The van der Waals surface area contributed by atoms with Gasteiger partial charge in [-0.1, -0.05) is 30.0 Å². The molecule has 0 bridgehead atoms. The normalized spacial score (nSPS) is 11.0. The van der Waals surface area contributed by atoms with E-state index in [1.807, 2.05) is 55.7 Å². The fourth-order valence-electron chi connectivity index (χ4n) is 2.77. The van der Waals surface area contributed by atoms with Gasteiger partial charge in [-0.05, 0) is 49.2 Å². The molecule has 4 rings (SSSR count). The van der Waals surface area contributed by atoms with Crippen LogP contribution < -0.4 is 0 Å². The lowest BCUT2D eigenvalue weighted by Gasteiger charge is -2.09. The molecule has 0 saturated carbocycles. The molecular weight excluding hydrogens is 344 g/mol. The Morgan fingerprint density at radius 1 is 1.00 bits per heavy atom. The highest BCUT2D eigenvalue weighted by Crippen LogP contribution is 2.30. The van der Waals surface area contributed by atoms with E-state index in [0.29, 0.717) is 0 Å². The number of benzene rings is 1. The SMILES string of the molecule is Cc1occc1-c1nnc(SCCc2ccncc2)n1-c1ccccc1. The number of thioether (sulfide) groups is 1. The molecule has 0 atom stereocenters. The van der Waals surface area contributed by atoms with Crippen LogP contribution in [0.15, 0.2) is 76.8 Å². The fourth-order valence-corrected chi connectivity index (χ4v) is 3.71. The van der Waals surface area contributed by atoms with Gasteiger partial charge in [0.1, 0.15) is 5.76 Å². The van der Waals surface area contributed by atoms with Crippen LogP contribution in [0.4, 0.5) is 0 Å². The number of rotatable bonds is 6. The largest absolute Gasteiger partial charge is 0.469 e. The quantitative estimate of drug-likeness (QED) is 0.470. The fraction of sp³-hybridized carbons (Fsp3) is 0.150. The van der Waals surface area contributed by atoms with Gasteiger partial charge in [-0.3, -0.25) is 9.55 Å². The number of nitrogens with zero attached hydrogens (tertiary/aromatic N) is 4. The standard InChI is InChI=1S/C20H18N4OS/c1-15-18(9-13-25-15)19-22-23-20(24(19)17-5-3-2-4-6-17)26-14-10-16-7-11-21-12-8-16/h2-9,11-13H,10,14H2,1H3. The van der Waals surface area contributed by atoms with Gasteiger partial charge in [0.15, 0.2) is 11.0 Å². The van der Waals surface area contributed by atoms with Crippen LogP contribution >= 0.6 is 11.8 Å². The molecule has 1 aromatic carbocycles. The molecule has 5 nitrogen and oxygen atoms in total. The molecule has 0 unspecified atom stereocenters. The molecule has 130 valence electrons. The van der Waals surface area contributed by atoms with E-state index in [-0.39, 0.29) is 0 Å². The van der Waals surface area contributed by atoms with E-state index in [0.717, 1.165) is 40.2 Å². The average molecular weight is 362 g/mol. The first kappa shape index (κ1) is 16.6. The van der Waals surface area contributed by atoms with E-state index < -0.39 is 0 Å². The van der Waals surface area contributed by atoms with Crippen LogP contribution in [0.2, 0.25) is 0 Å². The summed E-state index contributed by atoms with van der Waals surface area (Å²) < 4.78 is 7.56. The summed E-state index contributed by atoms with van der Waals surface area (Å²) in [7, 11) is 0. The minimum Gasteiger partial charge on any atom is -0.469 e. The number of aromatic nitrogens is 4. The van der Waals surface area contributed by atoms with Gasteiger partial charge in [0.05, 0.1) is 11.8 Å². The van der Waals surface area contributed by atoms with E-state index in [9.17, 15) is 0 Å². The highest BCUT2D eigenvalue weighted by Gasteiger charge is 2.18. The minimum atomic E-state index is 0.800. The molecule has 0 fully saturated rings. The maximum atomic E-state index is 5.46. The first-order chi connectivity index (χ1) is 12.8. The van der Waals surface area contributed by atoms with Gasteiger partial charge in [-0.25, -0.2) is 0 Å². The van der Waals surface area contributed by atoms with Crippen molar-refractivity contribution in [2.75, 3.05) is 5.75 Å². The molecule has 0 N–H and O–H groups in total. The van der Waals surface area contributed by atoms with Crippen LogP contribution in [-0.4, -0.2) is 25.5 Å². The lowest BCUT2D eigenvalue weighted by atomic mass is 10.2. The number of hydrogen-bond acceptors (Lipinski definition) is 5. The van der Waals surface area contributed by atoms with Gasteiger partial charge in [-0.15, -0.1) is 10.2 Å². The Morgan fingerprint density at radius 2 is 1.81 bits per heavy atom. The highest BCUT2D eigenvalue weighted by molar-refractivity contribution is 7.99. The Hall–Kier alpha value is -2.86. The maximum absolute atomic E-state index is 5.46. The molecule has 26 heavy (non-hydrogen) atoms. The van der Waals surface area contributed by atoms with Crippen LogP contribution in [0.25, 0.3) is 17.1 Å². The highest BCUT2D eigenvalue weighted by atomic mass is 32.2. The molecule has 0 aliphatic rings. The van der Waals surface area contributed by atoms with Crippen molar-refractivity contribution in [1.29, 1.82) is 0 Å². The molecule has 0 amide bonds. The number of pyridine rings is 1. The lowest BCUT2D eigenvalue weighted by molar-refractivity contribution is 0.535. The lowest BCUT2D eigenvalue weighted by Crippen LogP contribution is -2.00. The Balaban J connectivity index is 1.64. The second-order valence-corrected chi connectivity index (χ2v) is 6.88. The van der Waals surface area contributed by atoms with Crippen molar-refractivity contribution in [3.63, 3.8) is 0 Å². The van der Waals surface area contributed by atoms with Crippen molar-refractivity contribution in [2.45, 2.75) is 18.5 Å². The van der Waals surface area contributed by atoms with Crippen LogP contribution in [0, 0.1) is 6.92 Å². The van der Waals surface area contributed by atoms with Crippen molar-refractivity contribution in [1.82, 2.24) is 19.7 Å². The Labute approximate surface area is 156 Å².